The van der Waals surface area contributed by atoms with Crippen LogP contribution in [0.2, 0.25) is 0 Å². The van der Waals surface area contributed by atoms with Crippen molar-refractivity contribution < 1.29 is 19.3 Å². The highest BCUT2D eigenvalue weighted by atomic mass is 19.4. The largest absolute Gasteiger partial charge is 0.497 e. The molecule has 0 radical (unpaired) electrons. The number of methoxy groups -OCH3 is 1. The van der Waals surface area contributed by atoms with E-state index < -0.39 is 24.6 Å². The quantitative estimate of drug-likeness (QED) is 0.502. The molecule has 1 aliphatic rings. The summed E-state index contributed by atoms with van der Waals surface area (Å²) in [5, 5.41) is 12.6. The first-order valence-electron chi connectivity index (χ1n) is 9.74. The summed E-state index contributed by atoms with van der Waals surface area (Å²) in [6, 6.07) is 8.04. The lowest BCUT2D eigenvalue weighted by Crippen LogP contribution is -2.43. The molecule has 1 aromatic heterocycles. The van der Waals surface area contributed by atoms with Gasteiger partial charge in [-0.05, 0) is 30.3 Å². The van der Waals surface area contributed by atoms with Crippen molar-refractivity contribution in [1.29, 1.82) is 5.41 Å². The molecule has 0 spiro atoms. The Bertz CT molecular complexity index is 1070. The third kappa shape index (κ3) is 5.55. The van der Waals surface area contributed by atoms with Crippen LogP contribution in [0.4, 0.5) is 19.0 Å². The zero-order valence-corrected chi connectivity index (χ0v) is 17.8. The summed E-state index contributed by atoms with van der Waals surface area (Å²) in [6.45, 7) is 2.75. The number of hydrogen-bond acceptors (Lipinski definition) is 7. The third-order valence-corrected chi connectivity index (χ3v) is 4.34. The van der Waals surface area contributed by atoms with E-state index in [9.17, 15) is 18.0 Å². The number of hydrogen-bond donors (Lipinski definition) is 4. The second-order valence-electron chi connectivity index (χ2n) is 6.29. The van der Waals surface area contributed by atoms with Gasteiger partial charge in [0.05, 0.1) is 24.9 Å². The lowest BCUT2D eigenvalue weighted by Gasteiger charge is -2.26. The fourth-order valence-electron chi connectivity index (χ4n) is 2.92. The van der Waals surface area contributed by atoms with E-state index in [-0.39, 0.29) is 18.4 Å². The Morgan fingerprint density at radius 1 is 1.38 bits per heavy atom. The van der Waals surface area contributed by atoms with Crippen molar-refractivity contribution >= 4 is 23.8 Å². The molecule has 32 heavy (non-hydrogen) atoms. The van der Waals surface area contributed by atoms with Crippen molar-refractivity contribution in [3.63, 3.8) is 0 Å². The van der Waals surface area contributed by atoms with Crippen molar-refractivity contribution in [1.82, 2.24) is 9.88 Å². The smallest absolute Gasteiger partial charge is 0.401 e. The van der Waals surface area contributed by atoms with Crippen LogP contribution < -0.4 is 26.7 Å². The molecule has 174 valence electrons. The summed E-state index contributed by atoms with van der Waals surface area (Å²) >= 11 is 0. The van der Waals surface area contributed by atoms with Gasteiger partial charge in [-0.2, -0.15) is 13.2 Å². The molecule has 1 aliphatic heterocycles. The molecule has 2 aromatic rings. The van der Waals surface area contributed by atoms with Gasteiger partial charge in [0.1, 0.15) is 11.6 Å². The number of anilines is 1. The number of nitrogens with two attached hydrogens (primary N) is 1. The predicted molar refractivity (Wildman–Crippen MR) is 122 cm³/mol. The van der Waals surface area contributed by atoms with Gasteiger partial charge in [0, 0.05) is 31.2 Å². The monoisotopic (exact) mass is 452 g/mol. The highest BCUT2D eigenvalue weighted by Gasteiger charge is 2.29. The van der Waals surface area contributed by atoms with E-state index in [2.05, 4.69) is 15.6 Å². The normalized spacial score (nSPS) is 15.2. The van der Waals surface area contributed by atoms with E-state index in [0.717, 1.165) is 12.4 Å². The second-order valence-corrected chi connectivity index (χ2v) is 6.29. The highest BCUT2D eigenvalue weighted by Crippen LogP contribution is 2.25. The van der Waals surface area contributed by atoms with Crippen LogP contribution in [0.5, 0.6) is 5.75 Å². The first kappa shape index (κ1) is 24.7. The number of rotatable bonds is 6. The number of benzene rings is 1. The third-order valence-electron chi connectivity index (χ3n) is 4.34. The topological polar surface area (TPSA) is 118 Å². The molecule has 0 saturated heterocycles. The van der Waals surface area contributed by atoms with Crippen molar-refractivity contribution in [2.75, 3.05) is 19.0 Å². The zero-order chi connectivity index (χ0) is 23.9. The average Bonchev–Trinajstić information content (AvgIpc) is 2.80. The minimum atomic E-state index is -4.41. The lowest BCUT2D eigenvalue weighted by atomic mass is 10.1. The molecule has 0 aliphatic carbocycles. The summed E-state index contributed by atoms with van der Waals surface area (Å²) < 4.78 is 44.1. The summed E-state index contributed by atoms with van der Waals surface area (Å²) in [5.41, 5.74) is 6.28. The molecule has 8 nitrogen and oxygen atoms in total. The molecular formula is C21H27F3N6O2. The van der Waals surface area contributed by atoms with E-state index in [1.165, 1.54) is 24.0 Å². The van der Waals surface area contributed by atoms with Gasteiger partial charge in [-0.1, -0.05) is 13.8 Å². The maximum Gasteiger partial charge on any atom is 0.401 e. The van der Waals surface area contributed by atoms with Gasteiger partial charge in [0.2, 0.25) is 0 Å². The molecular weight excluding hydrogens is 425 g/mol. The van der Waals surface area contributed by atoms with Crippen LogP contribution in [0.3, 0.4) is 0 Å². The first-order chi connectivity index (χ1) is 15.3. The molecule has 0 bridgehead atoms. The van der Waals surface area contributed by atoms with Gasteiger partial charge < -0.3 is 21.2 Å². The maximum absolute atomic E-state index is 13.2. The molecule has 0 saturated carbocycles. The fraction of sp³-hybridized carbons (Fsp3) is 0.286. The second kappa shape index (κ2) is 10.6. The van der Waals surface area contributed by atoms with Crippen LogP contribution in [0, 0.1) is 5.41 Å². The Morgan fingerprint density at radius 3 is 2.56 bits per heavy atom. The van der Waals surface area contributed by atoms with Crippen LogP contribution in [-0.2, 0) is 0 Å². The maximum atomic E-state index is 13.2. The highest BCUT2D eigenvalue weighted by molar-refractivity contribution is 6.08. The van der Waals surface area contributed by atoms with E-state index in [0.29, 0.717) is 17.0 Å². The molecule has 11 heteroatoms. The van der Waals surface area contributed by atoms with Gasteiger partial charge in [0.15, 0.2) is 6.29 Å². The van der Waals surface area contributed by atoms with Gasteiger partial charge in [-0.15, -0.1) is 0 Å². The molecule has 3 rings (SSSR count). The molecule has 1 aromatic carbocycles. The van der Waals surface area contributed by atoms with Crippen molar-refractivity contribution in [2.45, 2.75) is 26.3 Å². The molecule has 2 heterocycles. The van der Waals surface area contributed by atoms with Crippen LogP contribution in [0.15, 0.2) is 46.3 Å². The lowest BCUT2D eigenvalue weighted by molar-refractivity contribution is -0.125. The van der Waals surface area contributed by atoms with Crippen molar-refractivity contribution in [2.24, 2.45) is 10.7 Å². The van der Waals surface area contributed by atoms with Gasteiger partial charge >= 0.3 is 6.18 Å². The molecule has 5 N–H and O–H groups in total. The van der Waals surface area contributed by atoms with E-state index in [1.807, 2.05) is 13.8 Å². The number of aromatic nitrogens is 1. The minimum Gasteiger partial charge on any atom is -0.497 e. The van der Waals surface area contributed by atoms with Gasteiger partial charge in [-0.25, -0.2) is 0 Å². The van der Waals surface area contributed by atoms with Crippen molar-refractivity contribution in [3.8, 4) is 11.4 Å². The summed E-state index contributed by atoms with van der Waals surface area (Å²) in [6.07, 6.45) is -2.05. The summed E-state index contributed by atoms with van der Waals surface area (Å²) in [7, 11) is 1.50. The van der Waals surface area contributed by atoms with E-state index in [1.54, 1.807) is 24.3 Å². The Labute approximate surface area is 184 Å². The number of pyridine rings is 1. The minimum absolute atomic E-state index is 0. The molecule has 1 atom stereocenters. The first-order valence-corrected chi connectivity index (χ1v) is 9.74. The predicted octanol–water partition coefficient (Wildman–Crippen LogP) is 3.35. The Hall–Kier alpha value is -3.60. The Morgan fingerprint density at radius 2 is 2.03 bits per heavy atom. The number of allylic oxidation sites excluding steroid dienone is 1. The van der Waals surface area contributed by atoms with Crippen LogP contribution in [-0.4, -0.2) is 43.1 Å². The van der Waals surface area contributed by atoms with Gasteiger partial charge in [0.25, 0.3) is 5.56 Å². The number of halogens is 3. The average molecular weight is 452 g/mol. The van der Waals surface area contributed by atoms with Crippen LogP contribution in [0.1, 0.15) is 26.4 Å². The number of alkyl halides is 3. The van der Waals surface area contributed by atoms with Crippen LogP contribution in [0.25, 0.3) is 11.3 Å². The summed E-state index contributed by atoms with van der Waals surface area (Å²) in [5.74, 6) is 0.822. The van der Waals surface area contributed by atoms with E-state index in [4.69, 9.17) is 15.9 Å². The molecule has 0 fully saturated rings. The fourth-order valence-corrected chi connectivity index (χ4v) is 2.92. The van der Waals surface area contributed by atoms with E-state index >= 15 is 0 Å². The Kier molecular flexibility index (Phi) is 8.19. The Balaban J connectivity index is 0.00000177. The number of aliphatic imine (C=N–C) groups is 1. The van der Waals surface area contributed by atoms with Crippen LogP contribution >= 0.6 is 0 Å². The van der Waals surface area contributed by atoms with Crippen molar-refractivity contribution in [3.05, 3.63) is 58.0 Å². The van der Waals surface area contributed by atoms with Gasteiger partial charge in [-0.3, -0.25) is 19.7 Å². The standard InChI is InChI=1S/C19H19F3N6O2.C2H6.H2/c1-30-14-4-2-13(3-5-14)28-16-11(6-15(17(28)29)12(7-23)8-24)9-25-18(27-16)26-10-19(20,21)22;1-2;/h2-9,18,23,26-27H,10,24H2,1H3;1-2H3;1H/b12-8+,23-7?;;. The molecule has 1 unspecified atom stereocenters. The SMILES string of the molecule is CC.COc1ccc(-n2c3c(cc(/C(C=N)=C/N)c2=O)C=NC(NCC(F)(F)F)N3)cc1.[HH]. The number of nitrogens with one attached hydrogen (secondary N) is 3. The molecule has 0 amide bonds. The summed E-state index contributed by atoms with van der Waals surface area (Å²) in [4.78, 5) is 17.3. The zero-order valence-electron chi connectivity index (χ0n) is 17.8. The number of nitrogens with zero attached hydrogens (tertiary/aromatic N) is 2. The number of ether oxygens (including phenoxy) is 1. The number of fused-ring (bicyclic) bond motifs is 1.